The van der Waals surface area contributed by atoms with Crippen molar-refractivity contribution in [1.82, 2.24) is 20.0 Å². The Morgan fingerprint density at radius 3 is 2.74 bits per heavy atom. The third-order valence-electron chi connectivity index (χ3n) is 4.51. The van der Waals surface area contributed by atoms with Gasteiger partial charge in [-0.15, -0.1) is 10.2 Å². The molecule has 4 rings (SSSR count). The van der Waals surface area contributed by atoms with Gasteiger partial charge in [0, 0.05) is 39.3 Å². The number of hydrogen-bond donors (Lipinski definition) is 0. The summed E-state index contributed by atoms with van der Waals surface area (Å²) in [5.41, 5.74) is 0. The minimum Gasteiger partial charge on any atom is -0.459 e. The summed E-state index contributed by atoms with van der Waals surface area (Å²) >= 11 is 0. The van der Waals surface area contributed by atoms with E-state index in [2.05, 4.69) is 20.0 Å². The standard InChI is InChI=1S/C16H22N4O3/c1-3-13(21-9-1)11-19-5-7-20(8-6-19)12-15-17-18-16(23-15)14-4-2-10-22-14/h2,4,10,13H,1,3,5-9,11-12H2. The molecule has 0 saturated carbocycles. The minimum absolute atomic E-state index is 0.438. The topological polar surface area (TPSA) is 67.8 Å². The van der Waals surface area contributed by atoms with Crippen LogP contribution in [0.4, 0.5) is 0 Å². The molecule has 124 valence electrons. The van der Waals surface area contributed by atoms with E-state index >= 15 is 0 Å². The highest BCUT2D eigenvalue weighted by atomic mass is 16.5. The lowest BCUT2D eigenvalue weighted by molar-refractivity contribution is 0.0472. The van der Waals surface area contributed by atoms with E-state index in [-0.39, 0.29) is 0 Å². The van der Waals surface area contributed by atoms with Gasteiger partial charge in [0.05, 0.1) is 18.9 Å². The van der Waals surface area contributed by atoms with E-state index in [9.17, 15) is 0 Å². The van der Waals surface area contributed by atoms with E-state index in [1.807, 2.05) is 12.1 Å². The molecule has 2 saturated heterocycles. The molecule has 7 heteroatoms. The number of hydrogen-bond acceptors (Lipinski definition) is 7. The summed E-state index contributed by atoms with van der Waals surface area (Å²) in [6, 6.07) is 3.63. The maximum Gasteiger partial charge on any atom is 0.283 e. The summed E-state index contributed by atoms with van der Waals surface area (Å²) in [6.45, 7) is 6.87. The molecule has 0 spiro atoms. The third-order valence-corrected chi connectivity index (χ3v) is 4.51. The van der Waals surface area contributed by atoms with Crippen molar-refractivity contribution in [3.63, 3.8) is 0 Å². The first-order valence-electron chi connectivity index (χ1n) is 8.29. The van der Waals surface area contributed by atoms with Gasteiger partial charge >= 0.3 is 0 Å². The summed E-state index contributed by atoms with van der Waals surface area (Å²) in [7, 11) is 0. The van der Waals surface area contributed by atoms with Crippen molar-refractivity contribution in [2.45, 2.75) is 25.5 Å². The first-order chi connectivity index (χ1) is 11.4. The van der Waals surface area contributed by atoms with Crippen molar-refractivity contribution < 1.29 is 13.6 Å². The molecule has 0 aromatic carbocycles. The average molecular weight is 318 g/mol. The average Bonchev–Trinajstić information content (AvgIpc) is 3.31. The Labute approximate surface area is 135 Å². The van der Waals surface area contributed by atoms with Crippen LogP contribution in [0.2, 0.25) is 0 Å². The molecule has 0 aliphatic carbocycles. The lowest BCUT2D eigenvalue weighted by Gasteiger charge is -2.34. The van der Waals surface area contributed by atoms with Crippen molar-refractivity contribution >= 4 is 0 Å². The van der Waals surface area contributed by atoms with E-state index in [1.165, 1.54) is 12.8 Å². The predicted molar refractivity (Wildman–Crippen MR) is 82.7 cm³/mol. The SMILES string of the molecule is c1coc(-c2nnc(CN3CCN(CC4CCCO4)CC3)o2)c1. The fourth-order valence-electron chi connectivity index (χ4n) is 3.21. The smallest absolute Gasteiger partial charge is 0.283 e. The van der Waals surface area contributed by atoms with Gasteiger partial charge in [0.25, 0.3) is 5.89 Å². The number of furan rings is 1. The van der Waals surface area contributed by atoms with Crippen molar-refractivity contribution in [2.24, 2.45) is 0 Å². The molecule has 1 atom stereocenters. The Morgan fingerprint density at radius 1 is 1.13 bits per heavy atom. The molecular weight excluding hydrogens is 296 g/mol. The van der Waals surface area contributed by atoms with E-state index < -0.39 is 0 Å². The normalized spacial score (nSPS) is 23.6. The number of aromatic nitrogens is 2. The van der Waals surface area contributed by atoms with Crippen molar-refractivity contribution in [3.05, 3.63) is 24.3 Å². The van der Waals surface area contributed by atoms with Crippen molar-refractivity contribution in [1.29, 1.82) is 0 Å². The summed E-state index contributed by atoms with van der Waals surface area (Å²) in [5, 5.41) is 8.16. The van der Waals surface area contributed by atoms with Crippen LogP contribution in [0, 0.1) is 0 Å². The number of ether oxygens (including phenoxy) is 1. The molecule has 2 aliphatic heterocycles. The quantitative estimate of drug-likeness (QED) is 0.830. The maximum atomic E-state index is 5.72. The van der Waals surface area contributed by atoms with Crippen LogP contribution < -0.4 is 0 Å². The first-order valence-corrected chi connectivity index (χ1v) is 8.29. The Balaban J connectivity index is 1.26. The zero-order chi connectivity index (χ0) is 15.5. The van der Waals surface area contributed by atoms with Gasteiger partial charge in [0.15, 0.2) is 5.76 Å². The Kier molecular flexibility index (Phi) is 4.41. The molecule has 23 heavy (non-hydrogen) atoms. The maximum absolute atomic E-state index is 5.72. The fourth-order valence-corrected chi connectivity index (χ4v) is 3.21. The lowest BCUT2D eigenvalue weighted by atomic mass is 10.2. The van der Waals surface area contributed by atoms with Crippen LogP contribution in [0.25, 0.3) is 11.7 Å². The van der Waals surface area contributed by atoms with E-state index in [1.54, 1.807) is 6.26 Å². The number of nitrogens with zero attached hydrogens (tertiary/aromatic N) is 4. The van der Waals surface area contributed by atoms with E-state index in [0.717, 1.165) is 39.3 Å². The van der Waals surface area contributed by atoms with Crippen LogP contribution >= 0.6 is 0 Å². The van der Waals surface area contributed by atoms with Gasteiger partial charge in [-0.3, -0.25) is 9.80 Å². The highest BCUT2D eigenvalue weighted by Crippen LogP contribution is 2.19. The summed E-state index contributed by atoms with van der Waals surface area (Å²) < 4.78 is 16.7. The second-order valence-electron chi connectivity index (χ2n) is 6.19. The minimum atomic E-state index is 0.438. The highest BCUT2D eigenvalue weighted by Gasteiger charge is 2.23. The number of piperazine rings is 1. The van der Waals surface area contributed by atoms with Gasteiger partial charge in [-0.25, -0.2) is 0 Å². The third kappa shape index (κ3) is 3.63. The van der Waals surface area contributed by atoms with Gasteiger partial charge < -0.3 is 13.6 Å². The molecule has 0 amide bonds. The lowest BCUT2D eigenvalue weighted by Crippen LogP contribution is -2.48. The molecule has 2 aliphatic rings. The molecule has 2 aromatic heterocycles. The van der Waals surface area contributed by atoms with Crippen molar-refractivity contribution in [3.8, 4) is 11.7 Å². The zero-order valence-corrected chi connectivity index (χ0v) is 13.2. The Hall–Kier alpha value is -1.70. The summed E-state index contributed by atoms with van der Waals surface area (Å²) in [5.74, 6) is 1.70. The Morgan fingerprint density at radius 2 is 2.00 bits per heavy atom. The van der Waals surface area contributed by atoms with Crippen LogP contribution in [0.1, 0.15) is 18.7 Å². The van der Waals surface area contributed by atoms with Crippen LogP contribution in [0.15, 0.2) is 27.2 Å². The molecule has 0 N–H and O–H groups in total. The molecule has 1 unspecified atom stereocenters. The molecule has 0 bridgehead atoms. The monoisotopic (exact) mass is 318 g/mol. The zero-order valence-electron chi connectivity index (χ0n) is 13.2. The van der Waals surface area contributed by atoms with Gasteiger partial charge in [-0.1, -0.05) is 0 Å². The molecular formula is C16H22N4O3. The van der Waals surface area contributed by atoms with Crippen LogP contribution in [0.3, 0.4) is 0 Å². The van der Waals surface area contributed by atoms with E-state index in [4.69, 9.17) is 13.6 Å². The fraction of sp³-hybridized carbons (Fsp3) is 0.625. The van der Waals surface area contributed by atoms with Gasteiger partial charge in [0.2, 0.25) is 5.89 Å². The second-order valence-corrected chi connectivity index (χ2v) is 6.19. The van der Waals surface area contributed by atoms with Crippen molar-refractivity contribution in [2.75, 3.05) is 39.3 Å². The second kappa shape index (κ2) is 6.82. The molecule has 0 radical (unpaired) electrons. The molecule has 2 fully saturated rings. The highest BCUT2D eigenvalue weighted by molar-refractivity contribution is 5.42. The van der Waals surface area contributed by atoms with Crippen LogP contribution in [-0.2, 0) is 11.3 Å². The number of rotatable bonds is 5. The molecule has 7 nitrogen and oxygen atoms in total. The molecule has 2 aromatic rings. The van der Waals surface area contributed by atoms with Crippen LogP contribution in [-0.4, -0.2) is 65.4 Å². The summed E-state index contributed by atoms with van der Waals surface area (Å²) in [6.07, 6.45) is 4.46. The van der Waals surface area contributed by atoms with Gasteiger partial charge in [-0.05, 0) is 25.0 Å². The first kappa shape index (κ1) is 14.9. The van der Waals surface area contributed by atoms with E-state index in [0.29, 0.717) is 30.2 Å². The summed E-state index contributed by atoms with van der Waals surface area (Å²) in [4.78, 5) is 4.85. The van der Waals surface area contributed by atoms with Crippen LogP contribution in [0.5, 0.6) is 0 Å². The predicted octanol–water partition coefficient (Wildman–Crippen LogP) is 1.63. The Bertz CT molecular complexity index is 599. The van der Waals surface area contributed by atoms with Gasteiger partial charge in [0.1, 0.15) is 0 Å². The molecule has 4 heterocycles. The van der Waals surface area contributed by atoms with Gasteiger partial charge in [-0.2, -0.15) is 0 Å². The largest absolute Gasteiger partial charge is 0.459 e.